The molecule has 3 saturated carbocycles. The van der Waals surface area contributed by atoms with E-state index in [1.165, 1.54) is 6.42 Å². The summed E-state index contributed by atoms with van der Waals surface area (Å²) in [7, 11) is 7.13. The van der Waals surface area contributed by atoms with Crippen LogP contribution in [0.2, 0.25) is 0 Å². The van der Waals surface area contributed by atoms with Crippen molar-refractivity contribution in [2.45, 2.75) is 83.8 Å². The molecule has 7 rings (SSSR count). The van der Waals surface area contributed by atoms with Crippen molar-refractivity contribution in [1.29, 1.82) is 0 Å². The zero-order valence-electron chi connectivity index (χ0n) is 35.7. The molecule has 13 heteroatoms. The number of anilines is 1. The molecule has 0 radical (unpaired) electrons. The van der Waals surface area contributed by atoms with E-state index in [0.717, 1.165) is 12.0 Å². The van der Waals surface area contributed by atoms with Gasteiger partial charge in [0, 0.05) is 54.0 Å². The summed E-state index contributed by atoms with van der Waals surface area (Å²) in [6, 6.07) is 19.7. The number of rotatable bonds is 17. The predicted octanol–water partition coefficient (Wildman–Crippen LogP) is 4.45. The number of likely N-dealkylation sites (N-methyl/N-ethyl adjacent to an activating group) is 2. The number of amides is 2. The highest BCUT2D eigenvalue weighted by Gasteiger charge is 2.57. The Labute approximate surface area is 348 Å². The first-order valence-electron chi connectivity index (χ1n) is 20.8. The maximum Gasteiger partial charge on any atom is 0.323 e. The molecule has 13 nitrogen and oxygen atoms in total. The number of hydrogen-bond donors (Lipinski definition) is 5. The molecule has 3 aliphatic carbocycles. The van der Waals surface area contributed by atoms with E-state index < -0.39 is 30.1 Å². The van der Waals surface area contributed by atoms with Gasteiger partial charge < -0.3 is 40.5 Å². The number of methoxy groups -OCH3 is 1. The average molecular weight is 814 g/mol. The number of carbonyl (C=O) groups excluding carboxylic acids is 2. The van der Waals surface area contributed by atoms with E-state index in [4.69, 9.17) is 9.57 Å². The molecule has 320 valence electrons. The quantitative estimate of drug-likeness (QED) is 0.131. The molecule has 1 heterocycles. The van der Waals surface area contributed by atoms with Gasteiger partial charge in [0.25, 0.3) is 5.91 Å². The largest absolute Gasteiger partial charge is 0.496 e. The summed E-state index contributed by atoms with van der Waals surface area (Å²) in [5, 5.41) is 39.2. The van der Waals surface area contributed by atoms with Crippen LogP contribution in [0.5, 0.6) is 5.75 Å². The minimum Gasteiger partial charge on any atom is -0.496 e. The summed E-state index contributed by atoms with van der Waals surface area (Å²) < 4.78 is 6.08. The summed E-state index contributed by atoms with van der Waals surface area (Å²) in [4.78, 5) is 50.2. The topological polar surface area (TPSA) is 164 Å². The van der Waals surface area contributed by atoms with Gasteiger partial charge in [-0.2, -0.15) is 5.06 Å². The minimum atomic E-state index is -1.02. The zero-order valence-corrected chi connectivity index (χ0v) is 35.7. The van der Waals surface area contributed by atoms with Crippen LogP contribution in [0.25, 0.3) is 11.1 Å². The molecule has 2 amide bonds. The number of benzene rings is 3. The molecular formula is C46H63N5O8. The van der Waals surface area contributed by atoms with Gasteiger partial charge in [0.15, 0.2) is 0 Å². The first-order chi connectivity index (χ1) is 28.0. The molecule has 0 aromatic heterocycles. The van der Waals surface area contributed by atoms with Gasteiger partial charge in [0.05, 0.1) is 26.4 Å². The number of carboxylic acid groups (broad SMARTS) is 1. The van der Waals surface area contributed by atoms with Gasteiger partial charge in [-0.1, -0.05) is 69.3 Å². The second-order valence-corrected chi connectivity index (χ2v) is 17.9. The van der Waals surface area contributed by atoms with Crippen molar-refractivity contribution >= 4 is 23.5 Å². The fraction of sp³-hybridized carbons (Fsp3) is 0.543. The lowest BCUT2D eigenvalue weighted by atomic mass is 9.45. The van der Waals surface area contributed by atoms with Crippen molar-refractivity contribution in [3.8, 4) is 16.9 Å². The van der Waals surface area contributed by atoms with Crippen molar-refractivity contribution in [2.75, 3.05) is 52.8 Å². The molecule has 9 atom stereocenters. The molecular weight excluding hydrogens is 751 g/mol. The highest BCUT2D eigenvalue weighted by atomic mass is 16.7. The third kappa shape index (κ3) is 9.60. The first kappa shape index (κ1) is 44.0. The SMILES string of the molecule is COc1c(CN2O[C@@H](CO)[C@@H]([C@H](C)O)[C@H]2C(=O)N[C@H]2C[C@@H]3C[C@H]([C@@H]2C)C3(C)C)cccc1-c1cc(C(=O)N[C@@H](Cc2ccccc2)CN(C)C)cc(N(C)CC(=O)O)c1. The zero-order chi connectivity index (χ0) is 42.8. The lowest BCUT2D eigenvalue weighted by molar-refractivity contribution is -0.183. The van der Waals surface area contributed by atoms with E-state index in [2.05, 4.69) is 31.4 Å². The molecule has 0 spiro atoms. The average Bonchev–Trinajstić information content (AvgIpc) is 3.56. The second-order valence-electron chi connectivity index (χ2n) is 17.9. The molecule has 4 aliphatic rings. The number of nitrogens with one attached hydrogen (secondary N) is 2. The van der Waals surface area contributed by atoms with Crippen LogP contribution in [-0.4, -0.2) is 121 Å². The maximum atomic E-state index is 14.3. The number of nitrogens with zero attached hydrogens (tertiary/aromatic N) is 3. The Morgan fingerprint density at radius 3 is 2.37 bits per heavy atom. The third-order valence-electron chi connectivity index (χ3n) is 13.2. The fourth-order valence-electron chi connectivity index (χ4n) is 10.0. The van der Waals surface area contributed by atoms with Crippen molar-refractivity contribution in [3.63, 3.8) is 0 Å². The van der Waals surface area contributed by atoms with Gasteiger partial charge in [-0.15, -0.1) is 0 Å². The smallest absolute Gasteiger partial charge is 0.323 e. The summed E-state index contributed by atoms with van der Waals surface area (Å²) in [5.41, 5.74) is 4.15. The van der Waals surface area contributed by atoms with Gasteiger partial charge >= 0.3 is 5.97 Å². The van der Waals surface area contributed by atoms with Crippen molar-refractivity contribution < 1.29 is 39.3 Å². The summed E-state index contributed by atoms with van der Waals surface area (Å²) >= 11 is 0. The third-order valence-corrected chi connectivity index (χ3v) is 13.2. The van der Waals surface area contributed by atoms with Gasteiger partial charge in [0.2, 0.25) is 5.91 Å². The highest BCUT2D eigenvalue weighted by molar-refractivity contribution is 5.97. The molecule has 4 fully saturated rings. The molecule has 1 aliphatic heterocycles. The van der Waals surface area contributed by atoms with Crippen LogP contribution in [0.3, 0.4) is 0 Å². The second kappa shape index (κ2) is 18.4. The Hall–Kier alpha value is -4.53. The van der Waals surface area contributed by atoms with Crippen LogP contribution in [-0.2, 0) is 27.4 Å². The Kier molecular flexibility index (Phi) is 13.7. The van der Waals surface area contributed by atoms with Gasteiger partial charge in [0.1, 0.15) is 24.4 Å². The Morgan fingerprint density at radius 1 is 1.03 bits per heavy atom. The molecule has 5 N–H and O–H groups in total. The number of hydrogen-bond acceptors (Lipinski definition) is 10. The van der Waals surface area contributed by atoms with Crippen molar-refractivity contribution in [2.24, 2.45) is 29.1 Å². The summed E-state index contributed by atoms with van der Waals surface area (Å²) in [5.74, 6) is -0.434. The molecule has 1 saturated heterocycles. The van der Waals surface area contributed by atoms with E-state index in [0.29, 0.717) is 64.4 Å². The normalized spacial score (nSPS) is 25.8. The van der Waals surface area contributed by atoms with Crippen LogP contribution in [0.4, 0.5) is 5.69 Å². The number of fused-ring (bicyclic) bond motifs is 2. The van der Waals surface area contributed by atoms with Crippen LogP contribution < -0.4 is 20.3 Å². The predicted molar refractivity (Wildman–Crippen MR) is 227 cm³/mol. The van der Waals surface area contributed by atoms with Gasteiger partial charge in [-0.25, -0.2) is 0 Å². The van der Waals surface area contributed by atoms with E-state index in [9.17, 15) is 29.7 Å². The van der Waals surface area contributed by atoms with Crippen LogP contribution in [0.1, 0.15) is 62.0 Å². The highest BCUT2D eigenvalue weighted by Crippen LogP contribution is 2.61. The lowest BCUT2D eigenvalue weighted by Crippen LogP contribution is -2.62. The number of hydroxylamine groups is 2. The van der Waals surface area contributed by atoms with E-state index in [-0.39, 0.29) is 49.0 Å². The molecule has 3 aromatic rings. The van der Waals surface area contributed by atoms with Crippen LogP contribution in [0.15, 0.2) is 66.7 Å². The number of carboxylic acids is 1. The Balaban J connectivity index is 1.32. The first-order valence-corrected chi connectivity index (χ1v) is 20.8. The number of ether oxygens (including phenoxy) is 1. The lowest BCUT2D eigenvalue weighted by Gasteiger charge is -2.62. The molecule has 2 bridgehead atoms. The number of aliphatic hydroxyl groups is 2. The number of carbonyl (C=O) groups is 3. The van der Waals surface area contributed by atoms with Gasteiger partial charge in [-0.3, -0.25) is 19.2 Å². The maximum absolute atomic E-state index is 14.3. The van der Waals surface area contributed by atoms with Crippen LogP contribution in [0, 0.1) is 29.1 Å². The molecule has 0 unspecified atom stereocenters. The minimum absolute atomic E-state index is 0.00348. The van der Waals surface area contributed by atoms with E-state index >= 15 is 0 Å². The number of aliphatic hydroxyl groups excluding tert-OH is 2. The number of aliphatic carboxylic acids is 1. The van der Waals surface area contributed by atoms with Crippen molar-refractivity contribution in [3.05, 3.63) is 83.4 Å². The summed E-state index contributed by atoms with van der Waals surface area (Å²) in [6.45, 7) is 8.49. The standard InChI is InChI=1S/C46H63N5O8/c1-27-37-21-33(46(37,3)4)22-38(27)48-45(57)42-41(28(2)53)39(26-52)59-51(42)23-30-15-12-16-36(43(30)58-8)31-18-32(20-35(19-31)50(7)25-40(54)55)44(56)47-34(24-49(5)6)17-29-13-10-9-11-14-29/h9-16,18-20,27-28,33-34,37-39,41-42,52-53H,17,21-26H2,1-8H3,(H,47,56)(H,48,57)(H,54,55)/t27-,28-,33-,34-,37+,38-,39-,41+,42-/m0/s1. The number of para-hydroxylation sites is 1. The Bertz CT molecular complexity index is 1960. The Morgan fingerprint density at radius 2 is 1.76 bits per heavy atom. The van der Waals surface area contributed by atoms with Gasteiger partial charge in [-0.05, 0) is 92.8 Å². The monoisotopic (exact) mass is 813 g/mol. The summed E-state index contributed by atoms with van der Waals surface area (Å²) in [6.07, 6.45) is 0.936. The van der Waals surface area contributed by atoms with Crippen molar-refractivity contribution in [1.82, 2.24) is 20.6 Å². The molecule has 59 heavy (non-hydrogen) atoms. The van der Waals surface area contributed by atoms with E-state index in [1.54, 1.807) is 43.2 Å². The van der Waals surface area contributed by atoms with E-state index in [1.807, 2.05) is 73.6 Å². The fourth-order valence-corrected chi connectivity index (χ4v) is 10.0. The van der Waals surface area contributed by atoms with Crippen LogP contribution >= 0.6 is 0 Å². The molecule has 3 aromatic carbocycles.